The van der Waals surface area contributed by atoms with Crippen LogP contribution in [0.5, 0.6) is 11.5 Å². The molecular formula is C33H37N3O6. The Hall–Kier alpha value is -4.41. The Morgan fingerprint density at radius 2 is 1.57 bits per heavy atom. The number of para-hydroxylation sites is 1. The van der Waals surface area contributed by atoms with Gasteiger partial charge < -0.3 is 40.7 Å². The van der Waals surface area contributed by atoms with Gasteiger partial charge in [0.1, 0.15) is 18.1 Å². The van der Waals surface area contributed by atoms with Crippen molar-refractivity contribution in [3.63, 3.8) is 0 Å². The number of ether oxygens (including phenoxy) is 2. The highest BCUT2D eigenvalue weighted by molar-refractivity contribution is 5.99. The normalized spacial score (nSPS) is 11.6. The average molecular weight is 572 g/mol. The largest absolute Gasteiger partial charge is 0.508 e. The highest BCUT2D eigenvalue weighted by Crippen LogP contribution is 2.22. The smallest absolute Gasteiger partial charge is 0.323 e. The van der Waals surface area contributed by atoms with Crippen molar-refractivity contribution < 1.29 is 29.6 Å². The van der Waals surface area contributed by atoms with Gasteiger partial charge in [0.05, 0.1) is 25.9 Å². The van der Waals surface area contributed by atoms with Crippen LogP contribution in [0.3, 0.4) is 0 Å². The first kappa shape index (κ1) is 30.5. The van der Waals surface area contributed by atoms with Crippen molar-refractivity contribution in [2.45, 2.75) is 25.7 Å². The van der Waals surface area contributed by atoms with Crippen LogP contribution in [0, 0.1) is 0 Å². The molecule has 0 saturated carbocycles. The van der Waals surface area contributed by atoms with E-state index in [1.807, 2.05) is 78.9 Å². The predicted octanol–water partition coefficient (Wildman–Crippen LogP) is 4.99. The summed E-state index contributed by atoms with van der Waals surface area (Å²) in [6.45, 7) is 1.99. The van der Waals surface area contributed by atoms with Gasteiger partial charge in [-0.2, -0.15) is 0 Å². The number of aromatic hydroxyl groups is 1. The first-order chi connectivity index (χ1) is 20.5. The molecule has 2 amide bonds. The minimum absolute atomic E-state index is 0.0171. The number of amides is 2. The molecule has 0 spiro atoms. The molecule has 6 N–H and O–H groups in total. The fourth-order valence-electron chi connectivity index (χ4n) is 4.24. The Balaban J connectivity index is 1.09. The molecule has 0 aliphatic heterocycles. The Bertz CT molecular complexity index is 1400. The summed E-state index contributed by atoms with van der Waals surface area (Å²) in [7, 11) is 0. The standard InChI is InChI=1S/C33H37N3O6/c37-22-27-20-26(11-14-31(27)38)32(39)21-34-16-15-24-9-12-30(13-10-24)42-18-17-41-23-25-5-4-8-29(19-25)36-33(40)35-28-6-2-1-3-7-28/h1-14,19-20,32,34,37-39H,15-18,21-23H2,(H2,35,36,40)/t32-/m0/s1. The molecule has 220 valence electrons. The molecule has 0 aromatic heterocycles. The third-order valence-corrected chi connectivity index (χ3v) is 6.49. The maximum atomic E-state index is 12.2. The van der Waals surface area contributed by atoms with E-state index in [2.05, 4.69) is 16.0 Å². The number of carbonyl (C=O) groups is 1. The van der Waals surface area contributed by atoms with Gasteiger partial charge in [-0.25, -0.2) is 4.79 Å². The molecule has 0 heterocycles. The summed E-state index contributed by atoms with van der Waals surface area (Å²) in [5.41, 5.74) is 4.52. The van der Waals surface area contributed by atoms with E-state index in [1.54, 1.807) is 12.1 Å². The lowest BCUT2D eigenvalue weighted by Gasteiger charge is -2.14. The minimum Gasteiger partial charge on any atom is -0.508 e. The molecule has 0 bridgehead atoms. The summed E-state index contributed by atoms with van der Waals surface area (Å²) in [6.07, 6.45) is 0.0519. The van der Waals surface area contributed by atoms with Gasteiger partial charge in [0, 0.05) is 23.5 Å². The van der Waals surface area contributed by atoms with Gasteiger partial charge in [0.25, 0.3) is 0 Å². The summed E-state index contributed by atoms with van der Waals surface area (Å²) in [4.78, 5) is 12.2. The maximum absolute atomic E-state index is 12.2. The summed E-state index contributed by atoms with van der Waals surface area (Å²) in [5, 5.41) is 38.2. The highest BCUT2D eigenvalue weighted by Gasteiger charge is 2.10. The second-order valence-corrected chi connectivity index (χ2v) is 9.71. The number of aliphatic hydroxyl groups excluding tert-OH is 2. The van der Waals surface area contributed by atoms with Crippen LogP contribution in [0.25, 0.3) is 0 Å². The van der Waals surface area contributed by atoms with E-state index in [9.17, 15) is 20.1 Å². The van der Waals surface area contributed by atoms with Gasteiger partial charge >= 0.3 is 6.03 Å². The fourth-order valence-corrected chi connectivity index (χ4v) is 4.24. The molecule has 4 aromatic rings. The minimum atomic E-state index is -0.735. The zero-order chi connectivity index (χ0) is 29.6. The van der Waals surface area contributed by atoms with Gasteiger partial charge in [-0.15, -0.1) is 0 Å². The molecule has 42 heavy (non-hydrogen) atoms. The number of phenols is 1. The van der Waals surface area contributed by atoms with E-state index in [0.717, 1.165) is 29.0 Å². The van der Waals surface area contributed by atoms with E-state index in [1.165, 1.54) is 6.07 Å². The van der Waals surface area contributed by atoms with Gasteiger partial charge in [-0.05, 0) is 78.2 Å². The number of anilines is 2. The van der Waals surface area contributed by atoms with Crippen molar-refractivity contribution in [1.82, 2.24) is 5.32 Å². The Morgan fingerprint density at radius 3 is 2.36 bits per heavy atom. The summed E-state index contributed by atoms with van der Waals surface area (Å²) in [6, 6.07) is 29.1. The summed E-state index contributed by atoms with van der Waals surface area (Å²) < 4.78 is 11.5. The molecule has 1 atom stereocenters. The third kappa shape index (κ3) is 9.90. The predicted molar refractivity (Wildman–Crippen MR) is 163 cm³/mol. The fraction of sp³-hybridized carbons (Fsp3) is 0.242. The van der Waals surface area contributed by atoms with Crippen LogP contribution in [-0.2, 0) is 24.4 Å². The second kappa shape index (κ2) is 16.1. The average Bonchev–Trinajstić information content (AvgIpc) is 3.00. The first-order valence-corrected chi connectivity index (χ1v) is 13.8. The van der Waals surface area contributed by atoms with Crippen LogP contribution in [0.2, 0.25) is 0 Å². The Labute approximate surface area is 245 Å². The van der Waals surface area contributed by atoms with Crippen molar-refractivity contribution >= 4 is 17.4 Å². The van der Waals surface area contributed by atoms with Crippen molar-refractivity contribution in [1.29, 1.82) is 0 Å². The lowest BCUT2D eigenvalue weighted by molar-refractivity contribution is 0.0889. The molecule has 9 nitrogen and oxygen atoms in total. The SMILES string of the molecule is O=C(Nc1ccccc1)Nc1cccc(COCCOc2ccc(CCNC[C@H](O)c3ccc(O)c(CO)c3)cc2)c1. The summed E-state index contributed by atoms with van der Waals surface area (Å²) in [5.74, 6) is 0.775. The molecule has 0 fully saturated rings. The molecule has 9 heteroatoms. The van der Waals surface area contributed by atoms with Crippen LogP contribution < -0.4 is 20.7 Å². The molecule has 0 saturated heterocycles. The number of urea groups is 1. The van der Waals surface area contributed by atoms with Crippen LogP contribution in [0.4, 0.5) is 16.2 Å². The number of benzene rings is 4. The van der Waals surface area contributed by atoms with E-state index >= 15 is 0 Å². The number of aliphatic hydroxyl groups is 2. The monoisotopic (exact) mass is 571 g/mol. The molecule has 4 rings (SSSR count). The van der Waals surface area contributed by atoms with E-state index in [-0.39, 0.29) is 18.4 Å². The molecule has 0 radical (unpaired) electrons. The number of carbonyl (C=O) groups excluding carboxylic acids is 1. The van der Waals surface area contributed by atoms with Crippen molar-refractivity contribution in [2.75, 3.05) is 36.9 Å². The molecular weight excluding hydrogens is 534 g/mol. The van der Waals surface area contributed by atoms with Gasteiger partial charge in [0.2, 0.25) is 0 Å². The number of nitrogens with one attached hydrogen (secondary N) is 3. The molecule has 0 aliphatic rings. The highest BCUT2D eigenvalue weighted by atomic mass is 16.5. The van der Waals surface area contributed by atoms with Crippen molar-refractivity contribution in [3.05, 3.63) is 119 Å². The topological polar surface area (TPSA) is 132 Å². The lowest BCUT2D eigenvalue weighted by atomic mass is 10.1. The Kier molecular flexibility index (Phi) is 11.7. The number of hydrogen-bond donors (Lipinski definition) is 6. The van der Waals surface area contributed by atoms with Gasteiger partial charge in [0.15, 0.2) is 0 Å². The quantitative estimate of drug-likeness (QED) is 0.111. The van der Waals surface area contributed by atoms with Gasteiger partial charge in [-0.3, -0.25) is 0 Å². The van der Waals surface area contributed by atoms with Crippen LogP contribution in [0.1, 0.15) is 28.4 Å². The number of rotatable bonds is 15. The van der Waals surface area contributed by atoms with E-state index < -0.39 is 6.10 Å². The molecule has 4 aromatic carbocycles. The third-order valence-electron chi connectivity index (χ3n) is 6.49. The Morgan fingerprint density at radius 1 is 0.810 bits per heavy atom. The molecule has 0 aliphatic carbocycles. The number of hydrogen-bond acceptors (Lipinski definition) is 7. The lowest BCUT2D eigenvalue weighted by Crippen LogP contribution is -2.23. The zero-order valence-corrected chi connectivity index (χ0v) is 23.3. The molecule has 0 unspecified atom stereocenters. The maximum Gasteiger partial charge on any atom is 0.323 e. The van der Waals surface area contributed by atoms with E-state index in [4.69, 9.17) is 9.47 Å². The first-order valence-electron chi connectivity index (χ1n) is 13.8. The summed E-state index contributed by atoms with van der Waals surface area (Å²) >= 11 is 0. The van der Waals surface area contributed by atoms with Gasteiger partial charge in [-0.1, -0.05) is 48.5 Å². The van der Waals surface area contributed by atoms with Crippen molar-refractivity contribution in [2.24, 2.45) is 0 Å². The second-order valence-electron chi connectivity index (χ2n) is 9.71. The van der Waals surface area contributed by atoms with Crippen molar-refractivity contribution in [3.8, 4) is 11.5 Å². The van der Waals surface area contributed by atoms with Crippen LogP contribution >= 0.6 is 0 Å². The zero-order valence-electron chi connectivity index (χ0n) is 23.3. The van der Waals surface area contributed by atoms with E-state index in [0.29, 0.717) is 49.7 Å². The van der Waals surface area contributed by atoms with Crippen LogP contribution in [0.15, 0.2) is 97.1 Å². The van der Waals surface area contributed by atoms with Crippen LogP contribution in [-0.4, -0.2) is 47.7 Å².